The molecule has 4 rings (SSSR count). The Bertz CT molecular complexity index is 804. The lowest BCUT2D eigenvalue weighted by molar-refractivity contribution is 0.340. The van der Waals surface area contributed by atoms with Crippen LogP contribution in [0.4, 0.5) is 0 Å². The van der Waals surface area contributed by atoms with Crippen LogP contribution < -0.4 is 4.74 Å². The van der Waals surface area contributed by atoms with E-state index in [9.17, 15) is 0 Å². The van der Waals surface area contributed by atoms with Crippen molar-refractivity contribution in [3.63, 3.8) is 0 Å². The minimum Gasteiger partial charge on any atom is -0.494 e. The molecule has 0 unspecified atom stereocenters. The molecule has 0 spiro atoms. The maximum atomic E-state index is 5.55. The monoisotopic (exact) mass is 304 g/mol. The average Bonchev–Trinajstić information content (AvgIpc) is 3.17. The molecule has 0 atom stereocenters. The van der Waals surface area contributed by atoms with E-state index in [0.717, 1.165) is 30.0 Å². The topological polar surface area (TPSA) is 27.1 Å². The largest absolute Gasteiger partial charge is 0.494 e. The highest BCUT2D eigenvalue weighted by molar-refractivity contribution is 5.79. The van der Waals surface area contributed by atoms with Gasteiger partial charge in [-0.1, -0.05) is 30.3 Å². The Hall–Kier alpha value is -2.55. The fraction of sp³-hybridized carbons (Fsp3) is 0.250. The molecule has 23 heavy (non-hydrogen) atoms. The van der Waals surface area contributed by atoms with Gasteiger partial charge < -0.3 is 9.30 Å². The van der Waals surface area contributed by atoms with Crippen molar-refractivity contribution >= 4 is 0 Å². The van der Waals surface area contributed by atoms with Gasteiger partial charge in [-0.25, -0.2) is 4.98 Å². The molecule has 0 bridgehead atoms. The van der Waals surface area contributed by atoms with Crippen LogP contribution in [-0.2, 0) is 13.0 Å². The first-order chi connectivity index (χ1) is 11.4. The van der Waals surface area contributed by atoms with E-state index >= 15 is 0 Å². The highest BCUT2D eigenvalue weighted by atomic mass is 16.5. The van der Waals surface area contributed by atoms with Gasteiger partial charge in [0.15, 0.2) is 0 Å². The Morgan fingerprint density at radius 2 is 1.78 bits per heavy atom. The minimum absolute atomic E-state index is 0.688. The van der Waals surface area contributed by atoms with Gasteiger partial charge in [0.2, 0.25) is 0 Å². The summed E-state index contributed by atoms with van der Waals surface area (Å²) in [7, 11) is 0. The minimum atomic E-state index is 0.688. The summed E-state index contributed by atoms with van der Waals surface area (Å²) in [5.74, 6) is 2.11. The van der Waals surface area contributed by atoms with Crippen LogP contribution in [0, 0.1) is 0 Å². The molecule has 0 fully saturated rings. The van der Waals surface area contributed by atoms with Gasteiger partial charge in [0.25, 0.3) is 0 Å². The summed E-state index contributed by atoms with van der Waals surface area (Å²) < 4.78 is 7.92. The van der Waals surface area contributed by atoms with Crippen LogP contribution in [0.25, 0.3) is 22.5 Å². The zero-order valence-electron chi connectivity index (χ0n) is 13.3. The standard InChI is InChI=1S/C20H20N2O/c1-2-23-17-12-10-15(11-13-17)19-20(16-7-4-3-5-8-16)22-14-6-9-18(22)21-19/h3-5,7-8,10-13H,2,6,9,14H2,1H3. The summed E-state index contributed by atoms with van der Waals surface area (Å²) in [5.41, 5.74) is 4.70. The third-order valence-electron chi connectivity index (χ3n) is 4.31. The third kappa shape index (κ3) is 2.52. The summed E-state index contributed by atoms with van der Waals surface area (Å²) in [6.07, 6.45) is 2.25. The SMILES string of the molecule is CCOc1ccc(-c2nc3n(c2-c2ccccc2)CCC3)cc1. The van der Waals surface area contributed by atoms with E-state index in [4.69, 9.17) is 9.72 Å². The zero-order chi connectivity index (χ0) is 15.6. The van der Waals surface area contributed by atoms with Gasteiger partial charge >= 0.3 is 0 Å². The summed E-state index contributed by atoms with van der Waals surface area (Å²) >= 11 is 0. The van der Waals surface area contributed by atoms with E-state index in [1.807, 2.05) is 19.1 Å². The van der Waals surface area contributed by atoms with E-state index in [1.165, 1.54) is 23.5 Å². The van der Waals surface area contributed by atoms with E-state index in [2.05, 4.69) is 47.0 Å². The molecule has 2 heterocycles. The third-order valence-corrected chi connectivity index (χ3v) is 4.31. The predicted octanol–water partition coefficient (Wildman–Crippen LogP) is 4.56. The lowest BCUT2D eigenvalue weighted by atomic mass is 10.0. The summed E-state index contributed by atoms with van der Waals surface area (Å²) in [4.78, 5) is 4.94. The number of rotatable bonds is 4. The first-order valence-electron chi connectivity index (χ1n) is 8.25. The number of hydrogen-bond donors (Lipinski definition) is 0. The van der Waals surface area contributed by atoms with Crippen molar-refractivity contribution in [1.82, 2.24) is 9.55 Å². The van der Waals surface area contributed by atoms with Crippen molar-refractivity contribution < 1.29 is 4.74 Å². The smallest absolute Gasteiger partial charge is 0.119 e. The van der Waals surface area contributed by atoms with E-state index in [-0.39, 0.29) is 0 Å². The Kier molecular flexibility index (Phi) is 3.62. The van der Waals surface area contributed by atoms with Crippen molar-refractivity contribution in [3.8, 4) is 28.3 Å². The molecule has 116 valence electrons. The Labute approximate surface area is 136 Å². The average molecular weight is 304 g/mol. The van der Waals surface area contributed by atoms with E-state index < -0.39 is 0 Å². The van der Waals surface area contributed by atoms with Gasteiger partial charge in [-0.15, -0.1) is 0 Å². The summed E-state index contributed by atoms with van der Waals surface area (Å²) in [5, 5.41) is 0. The summed E-state index contributed by atoms with van der Waals surface area (Å²) in [6, 6.07) is 18.8. The van der Waals surface area contributed by atoms with Crippen molar-refractivity contribution in [1.29, 1.82) is 0 Å². The molecule has 1 aliphatic rings. The molecular weight excluding hydrogens is 284 g/mol. The Morgan fingerprint density at radius 3 is 2.52 bits per heavy atom. The van der Waals surface area contributed by atoms with Gasteiger partial charge in [-0.2, -0.15) is 0 Å². The molecule has 0 saturated carbocycles. The highest BCUT2D eigenvalue weighted by Crippen LogP contribution is 2.35. The molecule has 0 amide bonds. The lowest BCUT2D eigenvalue weighted by Gasteiger charge is -2.09. The first kappa shape index (κ1) is 14.1. The van der Waals surface area contributed by atoms with Gasteiger partial charge in [0, 0.05) is 24.1 Å². The van der Waals surface area contributed by atoms with Crippen LogP contribution in [0.5, 0.6) is 5.75 Å². The number of hydrogen-bond acceptors (Lipinski definition) is 2. The molecule has 0 saturated heterocycles. The van der Waals surface area contributed by atoms with Crippen LogP contribution in [-0.4, -0.2) is 16.2 Å². The molecule has 1 aromatic heterocycles. The molecule has 2 aromatic carbocycles. The number of benzene rings is 2. The molecule has 3 heteroatoms. The van der Waals surface area contributed by atoms with Crippen LogP contribution in [0.15, 0.2) is 54.6 Å². The molecule has 0 N–H and O–H groups in total. The van der Waals surface area contributed by atoms with Gasteiger partial charge in [-0.05, 0) is 37.6 Å². The van der Waals surface area contributed by atoms with Crippen LogP contribution >= 0.6 is 0 Å². The predicted molar refractivity (Wildman–Crippen MR) is 92.6 cm³/mol. The molecule has 0 aliphatic carbocycles. The quantitative estimate of drug-likeness (QED) is 0.706. The van der Waals surface area contributed by atoms with Crippen molar-refractivity contribution in [2.45, 2.75) is 26.3 Å². The molecule has 3 aromatic rings. The zero-order valence-corrected chi connectivity index (χ0v) is 13.3. The second-order valence-electron chi connectivity index (χ2n) is 5.80. The molecular formula is C20H20N2O. The number of ether oxygens (including phenoxy) is 1. The Morgan fingerprint density at radius 1 is 1.00 bits per heavy atom. The maximum Gasteiger partial charge on any atom is 0.119 e. The number of aromatic nitrogens is 2. The molecule has 1 aliphatic heterocycles. The normalized spacial score (nSPS) is 13.1. The van der Waals surface area contributed by atoms with Crippen molar-refractivity contribution in [2.24, 2.45) is 0 Å². The number of imidazole rings is 1. The van der Waals surface area contributed by atoms with Crippen molar-refractivity contribution in [3.05, 3.63) is 60.4 Å². The lowest BCUT2D eigenvalue weighted by Crippen LogP contribution is -1.96. The van der Waals surface area contributed by atoms with E-state index in [1.54, 1.807) is 0 Å². The second kappa shape index (κ2) is 5.92. The Balaban J connectivity index is 1.83. The number of fused-ring (bicyclic) bond motifs is 1. The van der Waals surface area contributed by atoms with Gasteiger partial charge in [-0.3, -0.25) is 0 Å². The molecule has 0 radical (unpaired) electrons. The van der Waals surface area contributed by atoms with Gasteiger partial charge in [0.05, 0.1) is 18.0 Å². The fourth-order valence-electron chi connectivity index (χ4n) is 3.29. The van der Waals surface area contributed by atoms with Crippen LogP contribution in [0.2, 0.25) is 0 Å². The second-order valence-corrected chi connectivity index (χ2v) is 5.80. The van der Waals surface area contributed by atoms with E-state index in [0.29, 0.717) is 6.61 Å². The van der Waals surface area contributed by atoms with Gasteiger partial charge in [0.1, 0.15) is 11.6 Å². The molecule has 3 nitrogen and oxygen atoms in total. The summed E-state index contributed by atoms with van der Waals surface area (Å²) in [6.45, 7) is 3.75. The van der Waals surface area contributed by atoms with Crippen LogP contribution in [0.1, 0.15) is 19.2 Å². The first-order valence-corrected chi connectivity index (χ1v) is 8.25. The number of aryl methyl sites for hydroxylation is 1. The van der Waals surface area contributed by atoms with Crippen LogP contribution in [0.3, 0.4) is 0 Å². The maximum absolute atomic E-state index is 5.55. The fourth-order valence-corrected chi connectivity index (χ4v) is 3.29. The van der Waals surface area contributed by atoms with Crippen molar-refractivity contribution in [2.75, 3.05) is 6.61 Å². The number of nitrogens with zero attached hydrogens (tertiary/aromatic N) is 2. The highest BCUT2D eigenvalue weighted by Gasteiger charge is 2.22.